The van der Waals surface area contributed by atoms with Gasteiger partial charge in [0.1, 0.15) is 0 Å². The van der Waals surface area contributed by atoms with E-state index in [1.54, 1.807) is 0 Å². The predicted octanol–water partition coefficient (Wildman–Crippen LogP) is 16.1. The van der Waals surface area contributed by atoms with E-state index >= 15 is 0 Å². The first-order chi connectivity index (χ1) is 29.8. The van der Waals surface area contributed by atoms with Gasteiger partial charge in [-0.05, 0) is 75.0 Å². The van der Waals surface area contributed by atoms with Crippen LogP contribution < -0.4 is 4.90 Å². The molecule has 0 aliphatic carbocycles. The third kappa shape index (κ3) is 5.97. The minimum Gasteiger partial charge on any atom is -0.309 e. The minimum atomic E-state index is 1.10. The van der Waals surface area contributed by atoms with E-state index < -0.39 is 0 Å². The molecule has 60 heavy (non-hydrogen) atoms. The maximum absolute atomic E-state index is 2.51. The smallest absolute Gasteiger partial charge is 0.0562 e. The molecule has 0 saturated carbocycles. The van der Waals surface area contributed by atoms with Gasteiger partial charge in [-0.15, -0.1) is 0 Å². The van der Waals surface area contributed by atoms with Crippen molar-refractivity contribution in [2.24, 2.45) is 0 Å². The first kappa shape index (κ1) is 35.2. The molecule has 0 unspecified atom stereocenters. The Balaban J connectivity index is 1.22. The van der Waals surface area contributed by atoms with Crippen LogP contribution in [-0.2, 0) is 0 Å². The predicted molar refractivity (Wildman–Crippen MR) is 255 cm³/mol. The standard InChI is InChI=1S/C58H40N2/c1-3-21-41(22-4-1)44-28-9-10-30-47(44)49-31-12-16-36-53(49)59(52-35-15-11-29-46(52)43-23-5-2-6-24-43)56-39-20-40-57-58(56)51-33-14-18-38-55(51)60(57)54-37-17-13-32-50(54)48-34-19-26-42-25-7-8-27-45(42)48/h1-40H. The van der Waals surface area contributed by atoms with Gasteiger partial charge in [0.25, 0.3) is 0 Å². The van der Waals surface area contributed by atoms with E-state index in [2.05, 4.69) is 252 Å². The fourth-order valence-corrected chi connectivity index (χ4v) is 9.21. The van der Waals surface area contributed by atoms with Crippen LogP contribution in [0.4, 0.5) is 17.1 Å². The molecule has 0 saturated heterocycles. The Labute approximate surface area is 350 Å². The van der Waals surface area contributed by atoms with E-state index in [1.165, 1.54) is 54.9 Å². The van der Waals surface area contributed by atoms with E-state index in [-0.39, 0.29) is 0 Å². The van der Waals surface area contributed by atoms with Crippen molar-refractivity contribution in [3.63, 3.8) is 0 Å². The highest BCUT2D eigenvalue weighted by molar-refractivity contribution is 6.18. The molecule has 2 heteroatoms. The second-order valence-corrected chi connectivity index (χ2v) is 15.2. The molecule has 11 rings (SSSR count). The summed E-state index contributed by atoms with van der Waals surface area (Å²) in [6.07, 6.45) is 0. The third-order valence-corrected chi connectivity index (χ3v) is 11.8. The van der Waals surface area contributed by atoms with Crippen LogP contribution in [0.25, 0.3) is 82.8 Å². The second-order valence-electron chi connectivity index (χ2n) is 15.2. The summed E-state index contributed by atoms with van der Waals surface area (Å²) in [5.74, 6) is 0. The molecule has 2 nitrogen and oxygen atoms in total. The van der Waals surface area contributed by atoms with Gasteiger partial charge in [0.15, 0.2) is 0 Å². The molecule has 0 aliphatic rings. The van der Waals surface area contributed by atoms with Crippen molar-refractivity contribution in [2.45, 2.75) is 0 Å². The Kier molecular flexibility index (Phi) is 8.87. The Morgan fingerprint density at radius 2 is 0.733 bits per heavy atom. The van der Waals surface area contributed by atoms with Gasteiger partial charge in [-0.1, -0.05) is 206 Å². The lowest BCUT2D eigenvalue weighted by atomic mass is 9.92. The maximum atomic E-state index is 2.51. The first-order valence-electron chi connectivity index (χ1n) is 20.6. The second kappa shape index (κ2) is 15.1. The first-order valence-corrected chi connectivity index (χ1v) is 20.6. The molecule has 0 radical (unpaired) electrons. The van der Waals surface area contributed by atoms with Crippen LogP contribution in [0.2, 0.25) is 0 Å². The monoisotopic (exact) mass is 764 g/mol. The summed E-state index contributed by atoms with van der Waals surface area (Å²) < 4.78 is 2.48. The lowest BCUT2D eigenvalue weighted by Gasteiger charge is -2.31. The molecule has 0 atom stereocenters. The van der Waals surface area contributed by atoms with Gasteiger partial charge in [-0.3, -0.25) is 0 Å². The zero-order valence-corrected chi connectivity index (χ0v) is 33.0. The number of rotatable bonds is 8. The van der Waals surface area contributed by atoms with E-state index in [9.17, 15) is 0 Å². The Morgan fingerprint density at radius 3 is 1.50 bits per heavy atom. The zero-order chi connectivity index (χ0) is 39.8. The van der Waals surface area contributed by atoms with Gasteiger partial charge in [0, 0.05) is 27.5 Å². The summed E-state index contributed by atoms with van der Waals surface area (Å²) in [5.41, 5.74) is 16.2. The summed E-state index contributed by atoms with van der Waals surface area (Å²) in [4.78, 5) is 2.51. The summed E-state index contributed by atoms with van der Waals surface area (Å²) >= 11 is 0. The molecular weight excluding hydrogens is 725 g/mol. The molecule has 0 fully saturated rings. The summed E-state index contributed by atoms with van der Waals surface area (Å²) in [6.45, 7) is 0. The van der Waals surface area contributed by atoms with E-state index in [0.717, 1.165) is 44.9 Å². The van der Waals surface area contributed by atoms with Crippen LogP contribution in [0.3, 0.4) is 0 Å². The number of nitrogens with zero attached hydrogens (tertiary/aromatic N) is 2. The molecule has 0 amide bonds. The maximum Gasteiger partial charge on any atom is 0.0562 e. The molecule has 1 heterocycles. The van der Waals surface area contributed by atoms with Crippen LogP contribution in [-0.4, -0.2) is 4.57 Å². The largest absolute Gasteiger partial charge is 0.309 e. The van der Waals surface area contributed by atoms with Gasteiger partial charge in [-0.25, -0.2) is 0 Å². The van der Waals surface area contributed by atoms with Crippen molar-refractivity contribution in [1.29, 1.82) is 0 Å². The van der Waals surface area contributed by atoms with E-state index in [0.29, 0.717) is 0 Å². The van der Waals surface area contributed by atoms with Gasteiger partial charge < -0.3 is 9.47 Å². The van der Waals surface area contributed by atoms with Gasteiger partial charge in [0.2, 0.25) is 0 Å². The average molecular weight is 765 g/mol. The summed E-state index contributed by atoms with van der Waals surface area (Å²) in [5, 5.41) is 4.86. The van der Waals surface area contributed by atoms with Gasteiger partial charge >= 0.3 is 0 Å². The van der Waals surface area contributed by atoms with Crippen molar-refractivity contribution in [1.82, 2.24) is 4.57 Å². The fourth-order valence-electron chi connectivity index (χ4n) is 9.21. The number of para-hydroxylation sites is 4. The van der Waals surface area contributed by atoms with Crippen molar-refractivity contribution >= 4 is 49.6 Å². The topological polar surface area (TPSA) is 8.17 Å². The van der Waals surface area contributed by atoms with E-state index in [1.807, 2.05) is 0 Å². The van der Waals surface area contributed by atoms with Crippen molar-refractivity contribution in [3.8, 4) is 50.2 Å². The molecule has 282 valence electrons. The average Bonchev–Trinajstić information content (AvgIpc) is 3.67. The SMILES string of the molecule is c1ccc(-c2ccccc2-c2ccccc2N(c2ccccc2-c2ccccc2)c2cccc3c2c2ccccc2n3-c2ccccc2-c2cccc3ccccc23)cc1. The number of hydrogen-bond acceptors (Lipinski definition) is 1. The molecule has 0 aliphatic heterocycles. The highest BCUT2D eigenvalue weighted by Crippen LogP contribution is 2.50. The van der Waals surface area contributed by atoms with Crippen LogP contribution in [0.5, 0.6) is 0 Å². The van der Waals surface area contributed by atoms with Crippen molar-refractivity contribution in [3.05, 3.63) is 243 Å². The van der Waals surface area contributed by atoms with Crippen LogP contribution >= 0.6 is 0 Å². The van der Waals surface area contributed by atoms with Gasteiger partial charge in [0.05, 0.1) is 33.8 Å². The molecule has 0 bridgehead atoms. The zero-order valence-electron chi connectivity index (χ0n) is 33.0. The normalized spacial score (nSPS) is 11.3. The minimum absolute atomic E-state index is 1.10. The van der Waals surface area contributed by atoms with Crippen LogP contribution in [0.1, 0.15) is 0 Å². The molecule has 11 aromatic rings. The lowest BCUT2D eigenvalue weighted by molar-refractivity contribution is 1.18. The molecule has 1 aromatic heterocycles. The van der Waals surface area contributed by atoms with Gasteiger partial charge in [-0.2, -0.15) is 0 Å². The number of fused-ring (bicyclic) bond motifs is 4. The van der Waals surface area contributed by atoms with Crippen molar-refractivity contribution in [2.75, 3.05) is 4.90 Å². The van der Waals surface area contributed by atoms with Crippen LogP contribution in [0, 0.1) is 0 Å². The number of anilines is 3. The Morgan fingerprint density at radius 1 is 0.267 bits per heavy atom. The number of benzene rings is 10. The molecule has 10 aromatic carbocycles. The number of aromatic nitrogens is 1. The van der Waals surface area contributed by atoms with E-state index in [4.69, 9.17) is 0 Å². The number of hydrogen-bond donors (Lipinski definition) is 0. The van der Waals surface area contributed by atoms with Crippen molar-refractivity contribution < 1.29 is 0 Å². The summed E-state index contributed by atoms with van der Waals surface area (Å²) in [7, 11) is 0. The lowest BCUT2D eigenvalue weighted by Crippen LogP contribution is -2.13. The molecule has 0 N–H and O–H groups in total. The fraction of sp³-hybridized carbons (Fsp3) is 0. The highest BCUT2D eigenvalue weighted by atomic mass is 15.2. The summed E-state index contributed by atoms with van der Waals surface area (Å²) in [6, 6.07) is 87.9. The van der Waals surface area contributed by atoms with Crippen LogP contribution in [0.15, 0.2) is 243 Å². The Bertz CT molecular complexity index is 3320. The quantitative estimate of drug-likeness (QED) is 0.150. The molecular formula is C58H40N2. The Hall–Kier alpha value is -7.94. The molecule has 0 spiro atoms. The third-order valence-electron chi connectivity index (χ3n) is 11.8. The highest BCUT2D eigenvalue weighted by Gasteiger charge is 2.26.